The first-order chi connectivity index (χ1) is 9.04. The predicted molar refractivity (Wildman–Crippen MR) is 74.1 cm³/mol. The zero-order valence-corrected chi connectivity index (χ0v) is 11.3. The quantitative estimate of drug-likeness (QED) is 0.786. The first kappa shape index (κ1) is 13.1. The van der Waals surface area contributed by atoms with Gasteiger partial charge in [0.05, 0.1) is 6.04 Å². The van der Waals surface area contributed by atoms with Gasteiger partial charge in [-0.05, 0) is 50.1 Å². The zero-order valence-electron chi connectivity index (χ0n) is 11.3. The normalized spacial score (nSPS) is 11.9. The number of aromatic nitrogens is 1. The van der Waals surface area contributed by atoms with Crippen LogP contribution in [0.4, 0.5) is 0 Å². The van der Waals surface area contributed by atoms with Gasteiger partial charge in [-0.15, -0.1) is 0 Å². The first-order valence-corrected chi connectivity index (χ1v) is 6.23. The highest BCUT2D eigenvalue weighted by atomic mass is 16.1. The van der Waals surface area contributed by atoms with E-state index in [4.69, 9.17) is 5.26 Å². The fraction of sp³-hybridized carbons (Fsp3) is 0.250. The van der Waals surface area contributed by atoms with E-state index in [9.17, 15) is 4.79 Å². The second kappa shape index (κ2) is 5.11. The van der Waals surface area contributed by atoms with Gasteiger partial charge in [0, 0.05) is 11.8 Å². The topological polar surface area (TPSA) is 45.8 Å². The molecule has 0 aliphatic carbocycles. The number of hydrogen-bond acceptors (Lipinski definition) is 2. The summed E-state index contributed by atoms with van der Waals surface area (Å²) in [6, 6.07) is 10.9. The predicted octanol–water partition coefficient (Wildman–Crippen LogP) is 3.42. The van der Waals surface area contributed by atoms with E-state index in [1.165, 1.54) is 5.56 Å². The minimum Gasteiger partial charge on any atom is -0.329 e. The van der Waals surface area contributed by atoms with E-state index in [0.29, 0.717) is 11.3 Å². The fourth-order valence-electron chi connectivity index (χ4n) is 2.09. The van der Waals surface area contributed by atoms with Crippen LogP contribution >= 0.6 is 0 Å². The Morgan fingerprint density at radius 2 is 2.00 bits per heavy atom. The molecule has 3 nitrogen and oxygen atoms in total. The molecular formula is C16H16N2O. The van der Waals surface area contributed by atoms with E-state index in [-0.39, 0.29) is 11.8 Å². The van der Waals surface area contributed by atoms with Crippen molar-refractivity contribution < 1.29 is 4.79 Å². The maximum Gasteiger partial charge on any atom is 0.185 e. The number of hydrogen-bond donors (Lipinski definition) is 0. The van der Waals surface area contributed by atoms with Crippen LogP contribution < -0.4 is 0 Å². The fourth-order valence-corrected chi connectivity index (χ4v) is 2.09. The van der Waals surface area contributed by atoms with Gasteiger partial charge in [-0.25, -0.2) is 0 Å². The lowest BCUT2D eigenvalue weighted by atomic mass is 10.0. The number of aryl methyl sites for hydroxylation is 2. The Kier molecular flexibility index (Phi) is 3.52. The second-order valence-corrected chi connectivity index (χ2v) is 4.75. The van der Waals surface area contributed by atoms with Crippen LogP contribution in [0, 0.1) is 25.2 Å². The molecule has 0 aliphatic heterocycles. The molecule has 96 valence electrons. The SMILES string of the molecule is Cc1ccc(C(=O)C(C)n2cccc2C#N)cc1C. The number of ketones is 1. The molecule has 0 spiro atoms. The van der Waals surface area contributed by atoms with Crippen molar-refractivity contribution in [1.29, 1.82) is 5.26 Å². The Morgan fingerprint density at radius 1 is 1.26 bits per heavy atom. The van der Waals surface area contributed by atoms with Crippen LogP contribution in [0.3, 0.4) is 0 Å². The van der Waals surface area contributed by atoms with Crippen LogP contribution in [0.1, 0.15) is 40.1 Å². The van der Waals surface area contributed by atoms with Crippen molar-refractivity contribution in [3.8, 4) is 6.07 Å². The van der Waals surface area contributed by atoms with E-state index in [2.05, 4.69) is 6.07 Å². The zero-order chi connectivity index (χ0) is 14.0. The van der Waals surface area contributed by atoms with Gasteiger partial charge < -0.3 is 4.57 Å². The molecule has 2 aromatic rings. The van der Waals surface area contributed by atoms with Gasteiger partial charge in [-0.2, -0.15) is 5.26 Å². The summed E-state index contributed by atoms with van der Waals surface area (Å²) in [5.41, 5.74) is 3.46. The van der Waals surface area contributed by atoms with Gasteiger partial charge >= 0.3 is 0 Å². The van der Waals surface area contributed by atoms with Crippen LogP contribution in [0.2, 0.25) is 0 Å². The van der Waals surface area contributed by atoms with Crippen molar-refractivity contribution in [3.63, 3.8) is 0 Å². The molecule has 0 aliphatic rings. The average molecular weight is 252 g/mol. The van der Waals surface area contributed by atoms with E-state index in [1.807, 2.05) is 39.0 Å². The lowest BCUT2D eigenvalue weighted by molar-refractivity contribution is 0.0934. The van der Waals surface area contributed by atoms with Gasteiger partial charge in [0.15, 0.2) is 5.78 Å². The molecule has 1 aromatic heterocycles. The number of carbonyl (C=O) groups is 1. The summed E-state index contributed by atoms with van der Waals surface area (Å²) >= 11 is 0. The molecular weight excluding hydrogens is 236 g/mol. The third-order valence-electron chi connectivity index (χ3n) is 3.48. The summed E-state index contributed by atoms with van der Waals surface area (Å²) in [7, 11) is 0. The molecule has 0 saturated heterocycles. The largest absolute Gasteiger partial charge is 0.329 e. The lowest BCUT2D eigenvalue weighted by Crippen LogP contribution is -2.17. The molecule has 0 radical (unpaired) electrons. The Hall–Kier alpha value is -2.34. The van der Waals surface area contributed by atoms with Crippen molar-refractivity contribution in [3.05, 3.63) is 58.9 Å². The monoisotopic (exact) mass is 252 g/mol. The molecule has 0 bridgehead atoms. The third-order valence-corrected chi connectivity index (χ3v) is 3.48. The molecule has 3 heteroatoms. The molecule has 0 N–H and O–H groups in total. The summed E-state index contributed by atoms with van der Waals surface area (Å²) in [5.74, 6) is 0.0239. The van der Waals surface area contributed by atoms with E-state index >= 15 is 0 Å². The number of nitrogens with zero attached hydrogens (tertiary/aromatic N) is 2. The Labute approximate surface area is 113 Å². The maximum atomic E-state index is 12.4. The minimum atomic E-state index is -0.369. The number of benzene rings is 1. The van der Waals surface area contributed by atoms with Crippen LogP contribution in [0.15, 0.2) is 36.5 Å². The van der Waals surface area contributed by atoms with Gasteiger partial charge in [-0.1, -0.05) is 12.1 Å². The average Bonchev–Trinajstić information content (AvgIpc) is 2.88. The standard InChI is InChI=1S/C16H16N2O/c1-11-6-7-14(9-12(11)2)16(19)13(3)18-8-4-5-15(18)10-17/h4-9,13H,1-3H3. The van der Waals surface area contributed by atoms with Crippen molar-refractivity contribution in [2.24, 2.45) is 0 Å². The van der Waals surface area contributed by atoms with E-state index < -0.39 is 0 Å². The molecule has 1 atom stereocenters. The Bertz CT molecular complexity index is 662. The third kappa shape index (κ3) is 2.43. The van der Waals surface area contributed by atoms with E-state index in [0.717, 1.165) is 5.56 Å². The Morgan fingerprint density at radius 3 is 2.63 bits per heavy atom. The Balaban J connectivity index is 2.34. The van der Waals surface area contributed by atoms with Gasteiger partial charge in [0.25, 0.3) is 0 Å². The van der Waals surface area contributed by atoms with Crippen LogP contribution in [0.5, 0.6) is 0 Å². The summed E-state index contributed by atoms with van der Waals surface area (Å²) in [6.45, 7) is 5.83. The molecule has 0 saturated carbocycles. The number of carbonyl (C=O) groups excluding carboxylic acids is 1. The van der Waals surface area contributed by atoms with Gasteiger partial charge in [0.2, 0.25) is 0 Å². The van der Waals surface area contributed by atoms with Crippen LogP contribution in [0.25, 0.3) is 0 Å². The van der Waals surface area contributed by atoms with E-state index in [1.54, 1.807) is 22.9 Å². The highest BCUT2D eigenvalue weighted by Crippen LogP contribution is 2.19. The molecule has 1 heterocycles. The summed E-state index contributed by atoms with van der Waals surface area (Å²) < 4.78 is 1.71. The second-order valence-electron chi connectivity index (χ2n) is 4.75. The van der Waals surface area contributed by atoms with Crippen molar-refractivity contribution in [2.45, 2.75) is 26.8 Å². The summed E-state index contributed by atoms with van der Waals surface area (Å²) in [6.07, 6.45) is 1.77. The maximum absolute atomic E-state index is 12.4. The first-order valence-electron chi connectivity index (χ1n) is 6.23. The number of nitriles is 1. The van der Waals surface area contributed by atoms with Crippen LogP contribution in [-0.4, -0.2) is 10.4 Å². The molecule has 1 unspecified atom stereocenters. The summed E-state index contributed by atoms with van der Waals surface area (Å²) in [5, 5.41) is 9.01. The number of rotatable bonds is 3. The summed E-state index contributed by atoms with van der Waals surface area (Å²) in [4.78, 5) is 12.4. The van der Waals surface area contributed by atoms with Crippen LogP contribution in [-0.2, 0) is 0 Å². The van der Waals surface area contributed by atoms with Gasteiger partial charge in [0.1, 0.15) is 11.8 Å². The smallest absolute Gasteiger partial charge is 0.185 e. The molecule has 19 heavy (non-hydrogen) atoms. The van der Waals surface area contributed by atoms with Crippen molar-refractivity contribution in [2.75, 3.05) is 0 Å². The van der Waals surface area contributed by atoms with Gasteiger partial charge in [-0.3, -0.25) is 4.79 Å². The number of Topliss-reactive ketones (excluding diaryl/α,β-unsaturated/α-hetero) is 1. The molecule has 0 amide bonds. The van der Waals surface area contributed by atoms with Crippen molar-refractivity contribution in [1.82, 2.24) is 4.57 Å². The lowest BCUT2D eigenvalue weighted by Gasteiger charge is -2.14. The highest BCUT2D eigenvalue weighted by Gasteiger charge is 2.18. The highest BCUT2D eigenvalue weighted by molar-refractivity contribution is 5.99. The van der Waals surface area contributed by atoms with Crippen molar-refractivity contribution >= 4 is 5.78 Å². The molecule has 0 fully saturated rings. The molecule has 1 aromatic carbocycles. The minimum absolute atomic E-state index is 0.0239. The molecule has 2 rings (SSSR count).